The summed E-state index contributed by atoms with van der Waals surface area (Å²) in [5.41, 5.74) is 4.05. The molecule has 1 N–H and O–H groups in total. The summed E-state index contributed by atoms with van der Waals surface area (Å²) in [6.07, 6.45) is 4.21. The fraction of sp³-hybridized carbons (Fsp3) is 0.185. The molecular weight excluding hydrogens is 422 g/mol. The van der Waals surface area contributed by atoms with Crippen molar-refractivity contribution in [2.24, 2.45) is 0 Å². The number of fused-ring (bicyclic) bond motifs is 1. The number of carboxylic acids is 1. The molecule has 0 saturated carbocycles. The molecule has 1 aromatic heterocycles. The summed E-state index contributed by atoms with van der Waals surface area (Å²) in [5, 5.41) is 11.9. The fourth-order valence-corrected chi connectivity index (χ4v) is 3.89. The normalized spacial score (nSPS) is 10.9. The van der Waals surface area contributed by atoms with Gasteiger partial charge in [-0.25, -0.2) is 0 Å². The van der Waals surface area contributed by atoms with Gasteiger partial charge in [0.2, 0.25) is 0 Å². The number of nitrogens with zero attached hydrogens (tertiary/aromatic N) is 1. The minimum Gasteiger partial charge on any atom is -0.494 e. The number of carboxylic acid groups (broad SMARTS) is 1. The van der Waals surface area contributed by atoms with Crippen LogP contribution in [0.4, 0.5) is 0 Å². The summed E-state index contributed by atoms with van der Waals surface area (Å²) in [6.45, 7) is 0.652. The highest BCUT2D eigenvalue weighted by Gasteiger charge is 2.10. The third kappa shape index (κ3) is 5.65. The Hall–Kier alpha value is -3.37. The topological polar surface area (TPSA) is 59.4 Å². The van der Waals surface area contributed by atoms with Crippen molar-refractivity contribution in [2.45, 2.75) is 25.7 Å². The molecule has 1 heterocycles. The van der Waals surface area contributed by atoms with E-state index >= 15 is 0 Å². The minimum absolute atomic E-state index is 0.0299. The van der Waals surface area contributed by atoms with Crippen LogP contribution in [0.1, 0.15) is 28.8 Å². The summed E-state index contributed by atoms with van der Waals surface area (Å²) in [4.78, 5) is 15.7. The van der Waals surface area contributed by atoms with E-state index in [0.29, 0.717) is 13.0 Å². The molecule has 4 nitrogen and oxygen atoms in total. The molecule has 0 aliphatic heterocycles. The third-order valence-electron chi connectivity index (χ3n) is 5.39. The molecule has 162 valence electrons. The molecular formula is C27H24ClNO3. The lowest BCUT2D eigenvalue weighted by Crippen LogP contribution is -2.03. The Morgan fingerprint density at radius 2 is 1.59 bits per heavy atom. The Bertz CT molecular complexity index is 1200. The monoisotopic (exact) mass is 445 g/mol. The standard InChI is InChI=1S/C27H24ClNO3/c28-22-11-7-19(8-12-22)4-3-15-32-23-13-9-20(10-14-23)16-26-25-6-2-1-5-24(25)21(18-29-26)17-27(30)31/h1-2,5-14,18H,3-4,15-17H2,(H,30,31). The SMILES string of the molecule is O=C(O)Cc1cnc(Cc2ccc(OCCCc3ccc(Cl)cc3)cc2)c2ccccc12. The van der Waals surface area contributed by atoms with Gasteiger partial charge in [0.05, 0.1) is 18.7 Å². The first kappa shape index (κ1) is 21.8. The molecule has 0 atom stereocenters. The second-order valence-electron chi connectivity index (χ2n) is 7.75. The van der Waals surface area contributed by atoms with E-state index in [9.17, 15) is 4.79 Å². The van der Waals surface area contributed by atoms with Crippen LogP contribution in [0.15, 0.2) is 79.0 Å². The van der Waals surface area contributed by atoms with Gasteiger partial charge in [0, 0.05) is 23.0 Å². The number of benzene rings is 3. The number of carbonyl (C=O) groups is 1. The van der Waals surface area contributed by atoms with Crippen LogP contribution in [-0.2, 0) is 24.1 Å². The first-order valence-electron chi connectivity index (χ1n) is 10.6. The number of aliphatic carboxylic acids is 1. The van der Waals surface area contributed by atoms with Crippen LogP contribution >= 0.6 is 11.6 Å². The molecule has 0 saturated heterocycles. The minimum atomic E-state index is -0.853. The highest BCUT2D eigenvalue weighted by atomic mass is 35.5. The van der Waals surface area contributed by atoms with E-state index in [0.717, 1.165) is 51.2 Å². The Labute approximate surface area is 192 Å². The van der Waals surface area contributed by atoms with Gasteiger partial charge in [-0.2, -0.15) is 0 Å². The Morgan fingerprint density at radius 1 is 0.906 bits per heavy atom. The van der Waals surface area contributed by atoms with Crippen molar-refractivity contribution < 1.29 is 14.6 Å². The zero-order valence-corrected chi connectivity index (χ0v) is 18.4. The molecule has 0 amide bonds. The molecule has 32 heavy (non-hydrogen) atoms. The highest BCUT2D eigenvalue weighted by Crippen LogP contribution is 2.24. The van der Waals surface area contributed by atoms with Gasteiger partial charge >= 0.3 is 5.97 Å². The Morgan fingerprint density at radius 3 is 2.31 bits per heavy atom. The number of pyridine rings is 1. The van der Waals surface area contributed by atoms with Gasteiger partial charge in [-0.3, -0.25) is 9.78 Å². The van der Waals surface area contributed by atoms with E-state index in [-0.39, 0.29) is 6.42 Å². The van der Waals surface area contributed by atoms with Gasteiger partial charge in [0.15, 0.2) is 0 Å². The molecule has 4 rings (SSSR count). The van der Waals surface area contributed by atoms with Gasteiger partial charge in [-0.1, -0.05) is 60.1 Å². The quantitative estimate of drug-likeness (QED) is 0.315. The highest BCUT2D eigenvalue weighted by molar-refractivity contribution is 6.30. The summed E-state index contributed by atoms with van der Waals surface area (Å²) in [6, 6.07) is 23.8. The van der Waals surface area contributed by atoms with Crippen molar-refractivity contribution in [2.75, 3.05) is 6.61 Å². The maximum Gasteiger partial charge on any atom is 0.307 e. The van der Waals surface area contributed by atoms with Crippen molar-refractivity contribution in [1.82, 2.24) is 4.98 Å². The van der Waals surface area contributed by atoms with Crippen molar-refractivity contribution >= 4 is 28.3 Å². The predicted octanol–water partition coefficient (Wildman–Crippen LogP) is 6.12. The lowest BCUT2D eigenvalue weighted by Gasteiger charge is -2.11. The van der Waals surface area contributed by atoms with Crippen LogP contribution in [-0.4, -0.2) is 22.7 Å². The van der Waals surface area contributed by atoms with E-state index in [4.69, 9.17) is 21.4 Å². The van der Waals surface area contributed by atoms with Gasteiger partial charge in [0.1, 0.15) is 5.75 Å². The van der Waals surface area contributed by atoms with Crippen LogP contribution in [0.5, 0.6) is 5.75 Å². The van der Waals surface area contributed by atoms with Crippen LogP contribution in [0.3, 0.4) is 0 Å². The number of halogens is 1. The first-order chi connectivity index (χ1) is 15.6. The van der Waals surface area contributed by atoms with Crippen molar-refractivity contribution in [3.05, 3.63) is 106 Å². The lowest BCUT2D eigenvalue weighted by atomic mass is 9.99. The van der Waals surface area contributed by atoms with E-state index in [2.05, 4.69) is 17.1 Å². The van der Waals surface area contributed by atoms with E-state index in [1.165, 1.54) is 5.56 Å². The molecule has 3 aromatic carbocycles. The van der Waals surface area contributed by atoms with Crippen molar-refractivity contribution in [3.8, 4) is 5.75 Å². The number of rotatable bonds is 9. The van der Waals surface area contributed by atoms with Gasteiger partial charge in [-0.15, -0.1) is 0 Å². The van der Waals surface area contributed by atoms with Crippen LogP contribution in [0.2, 0.25) is 5.02 Å². The second kappa shape index (κ2) is 10.3. The summed E-state index contributed by atoms with van der Waals surface area (Å²) in [5.74, 6) is -0.00654. The maximum atomic E-state index is 11.2. The van der Waals surface area contributed by atoms with Gasteiger partial charge < -0.3 is 9.84 Å². The lowest BCUT2D eigenvalue weighted by molar-refractivity contribution is -0.136. The summed E-state index contributed by atoms with van der Waals surface area (Å²) < 4.78 is 5.88. The van der Waals surface area contributed by atoms with E-state index < -0.39 is 5.97 Å². The molecule has 0 fully saturated rings. The Balaban J connectivity index is 1.37. The summed E-state index contributed by atoms with van der Waals surface area (Å²) in [7, 11) is 0. The smallest absolute Gasteiger partial charge is 0.307 e. The second-order valence-corrected chi connectivity index (χ2v) is 8.18. The largest absolute Gasteiger partial charge is 0.494 e. The number of aromatic nitrogens is 1. The van der Waals surface area contributed by atoms with Gasteiger partial charge in [0.25, 0.3) is 0 Å². The first-order valence-corrected chi connectivity index (χ1v) is 11.0. The van der Waals surface area contributed by atoms with E-state index in [1.54, 1.807) is 6.20 Å². The van der Waals surface area contributed by atoms with E-state index in [1.807, 2.05) is 60.7 Å². The third-order valence-corrected chi connectivity index (χ3v) is 5.64. The zero-order valence-electron chi connectivity index (χ0n) is 17.6. The molecule has 4 aromatic rings. The number of ether oxygens (including phenoxy) is 1. The molecule has 0 unspecified atom stereocenters. The molecule has 0 spiro atoms. The zero-order chi connectivity index (χ0) is 22.3. The predicted molar refractivity (Wildman–Crippen MR) is 128 cm³/mol. The van der Waals surface area contributed by atoms with Crippen LogP contribution in [0.25, 0.3) is 10.8 Å². The average molecular weight is 446 g/mol. The number of hydrogen-bond donors (Lipinski definition) is 1. The molecule has 0 aliphatic carbocycles. The van der Waals surface area contributed by atoms with Crippen LogP contribution < -0.4 is 4.74 Å². The number of hydrogen-bond acceptors (Lipinski definition) is 3. The average Bonchev–Trinajstić information content (AvgIpc) is 2.80. The molecule has 0 bridgehead atoms. The molecule has 5 heteroatoms. The fourth-order valence-electron chi connectivity index (χ4n) is 3.77. The maximum absolute atomic E-state index is 11.2. The van der Waals surface area contributed by atoms with Crippen molar-refractivity contribution in [1.29, 1.82) is 0 Å². The number of aryl methyl sites for hydroxylation is 1. The van der Waals surface area contributed by atoms with Crippen LogP contribution in [0, 0.1) is 0 Å². The Kier molecular flexibility index (Phi) is 7.03. The van der Waals surface area contributed by atoms with Gasteiger partial charge in [-0.05, 0) is 59.2 Å². The summed E-state index contributed by atoms with van der Waals surface area (Å²) >= 11 is 5.92. The van der Waals surface area contributed by atoms with Crippen molar-refractivity contribution in [3.63, 3.8) is 0 Å². The molecule has 0 radical (unpaired) electrons. The molecule has 0 aliphatic rings.